The maximum Gasteiger partial charge on any atom is 0.332 e. The molecule has 1 heterocycles. The van der Waals surface area contributed by atoms with Crippen molar-refractivity contribution in [2.75, 3.05) is 20.4 Å². The second-order valence-electron chi connectivity index (χ2n) is 7.66. The van der Waals surface area contributed by atoms with Gasteiger partial charge in [-0.15, -0.1) is 0 Å². The van der Waals surface area contributed by atoms with E-state index in [1.807, 2.05) is 30.3 Å². The third kappa shape index (κ3) is 4.25. The highest BCUT2D eigenvalue weighted by atomic mass is 16.6. The Kier molecular flexibility index (Phi) is 5.76. The standard InChI is InChI=1S/C20H27NO5/c1-19(2,3)26-18(23)20(4,5)21-13-25-15(12-24-6)16(17(21)22)14-10-8-7-9-11-14/h7-11H,12-13H2,1-6H3. The fourth-order valence-electron chi connectivity index (χ4n) is 2.59. The summed E-state index contributed by atoms with van der Waals surface area (Å²) in [4.78, 5) is 27.3. The van der Waals surface area contributed by atoms with E-state index in [0.717, 1.165) is 0 Å². The summed E-state index contributed by atoms with van der Waals surface area (Å²) in [5.41, 5.74) is -0.708. The predicted molar refractivity (Wildman–Crippen MR) is 98.0 cm³/mol. The van der Waals surface area contributed by atoms with E-state index in [0.29, 0.717) is 16.9 Å². The zero-order valence-corrected chi connectivity index (χ0v) is 16.3. The number of hydrogen-bond donors (Lipinski definition) is 0. The van der Waals surface area contributed by atoms with Gasteiger partial charge in [-0.25, -0.2) is 4.79 Å². The molecule has 0 radical (unpaired) electrons. The number of amides is 1. The molecule has 0 N–H and O–H groups in total. The van der Waals surface area contributed by atoms with Crippen LogP contribution in [0.2, 0.25) is 0 Å². The Balaban J connectivity index is 2.40. The van der Waals surface area contributed by atoms with Gasteiger partial charge in [-0.2, -0.15) is 0 Å². The number of methoxy groups -OCH3 is 1. The fourth-order valence-corrected chi connectivity index (χ4v) is 2.59. The highest BCUT2D eigenvalue weighted by Gasteiger charge is 2.44. The van der Waals surface area contributed by atoms with E-state index < -0.39 is 17.1 Å². The Morgan fingerprint density at radius 1 is 1.15 bits per heavy atom. The van der Waals surface area contributed by atoms with E-state index >= 15 is 0 Å². The first-order valence-electron chi connectivity index (χ1n) is 8.53. The Bertz CT molecular complexity index is 701. The molecule has 0 bridgehead atoms. The first-order valence-corrected chi connectivity index (χ1v) is 8.53. The van der Waals surface area contributed by atoms with E-state index in [9.17, 15) is 9.59 Å². The maximum absolute atomic E-state index is 13.3. The second-order valence-corrected chi connectivity index (χ2v) is 7.66. The molecule has 0 spiro atoms. The average Bonchev–Trinajstić information content (AvgIpc) is 2.54. The highest BCUT2D eigenvalue weighted by Crippen LogP contribution is 2.31. The van der Waals surface area contributed by atoms with Crippen LogP contribution < -0.4 is 0 Å². The Morgan fingerprint density at radius 2 is 1.77 bits per heavy atom. The van der Waals surface area contributed by atoms with Crippen LogP contribution in [0.1, 0.15) is 40.2 Å². The van der Waals surface area contributed by atoms with Gasteiger partial charge >= 0.3 is 5.97 Å². The van der Waals surface area contributed by atoms with Gasteiger partial charge in [-0.1, -0.05) is 30.3 Å². The molecule has 1 aliphatic rings. The van der Waals surface area contributed by atoms with Crippen molar-refractivity contribution in [2.45, 2.75) is 45.8 Å². The fraction of sp³-hybridized carbons (Fsp3) is 0.500. The molecule has 0 unspecified atom stereocenters. The van der Waals surface area contributed by atoms with Crippen molar-refractivity contribution in [2.24, 2.45) is 0 Å². The van der Waals surface area contributed by atoms with Gasteiger partial charge < -0.3 is 14.2 Å². The molecule has 0 saturated carbocycles. The molecule has 142 valence electrons. The molecule has 6 heteroatoms. The minimum absolute atomic E-state index is 0.0416. The minimum atomic E-state index is -1.18. The summed E-state index contributed by atoms with van der Waals surface area (Å²) in [7, 11) is 1.54. The number of benzene rings is 1. The minimum Gasteiger partial charge on any atom is -0.474 e. The van der Waals surface area contributed by atoms with Crippen molar-refractivity contribution in [3.8, 4) is 0 Å². The molecule has 1 aromatic carbocycles. The summed E-state index contributed by atoms with van der Waals surface area (Å²) in [6, 6.07) is 9.22. The lowest BCUT2D eigenvalue weighted by atomic mass is 9.97. The first kappa shape index (κ1) is 20.0. The molecule has 0 saturated heterocycles. The summed E-state index contributed by atoms with van der Waals surface area (Å²) in [6.45, 7) is 8.83. The molecule has 0 fully saturated rings. The number of ether oxygens (including phenoxy) is 3. The molecule has 2 rings (SSSR count). The smallest absolute Gasteiger partial charge is 0.332 e. The number of carbonyl (C=O) groups excluding carboxylic acids is 2. The van der Waals surface area contributed by atoms with Crippen molar-refractivity contribution in [3.63, 3.8) is 0 Å². The van der Waals surface area contributed by atoms with E-state index in [-0.39, 0.29) is 19.2 Å². The molecule has 1 amide bonds. The van der Waals surface area contributed by atoms with Crippen LogP contribution in [0.15, 0.2) is 36.1 Å². The van der Waals surface area contributed by atoms with Crippen LogP contribution in [0.25, 0.3) is 5.57 Å². The lowest BCUT2D eigenvalue weighted by Crippen LogP contribution is -2.57. The van der Waals surface area contributed by atoms with E-state index in [1.54, 1.807) is 41.7 Å². The third-order valence-electron chi connectivity index (χ3n) is 4.02. The van der Waals surface area contributed by atoms with Crippen LogP contribution in [0.3, 0.4) is 0 Å². The van der Waals surface area contributed by atoms with Crippen LogP contribution in [0.4, 0.5) is 0 Å². The van der Waals surface area contributed by atoms with Gasteiger partial charge in [0.25, 0.3) is 5.91 Å². The average molecular weight is 361 g/mol. The number of nitrogens with zero attached hydrogens (tertiary/aromatic N) is 1. The molecule has 1 aliphatic heterocycles. The maximum atomic E-state index is 13.3. The predicted octanol–water partition coefficient (Wildman–Crippen LogP) is 2.98. The van der Waals surface area contributed by atoms with Crippen molar-refractivity contribution in [3.05, 3.63) is 41.7 Å². The van der Waals surface area contributed by atoms with E-state index in [1.165, 1.54) is 4.90 Å². The zero-order chi connectivity index (χ0) is 19.5. The van der Waals surface area contributed by atoms with Crippen LogP contribution in [0, 0.1) is 0 Å². The summed E-state index contributed by atoms with van der Waals surface area (Å²) in [5, 5.41) is 0. The van der Waals surface area contributed by atoms with Gasteiger partial charge in [-0.3, -0.25) is 9.69 Å². The van der Waals surface area contributed by atoms with Crippen molar-refractivity contribution in [1.29, 1.82) is 0 Å². The molecular weight excluding hydrogens is 334 g/mol. The van der Waals surface area contributed by atoms with Gasteiger partial charge in [0.05, 0.1) is 5.57 Å². The van der Waals surface area contributed by atoms with Crippen LogP contribution in [0.5, 0.6) is 0 Å². The Labute approximate surface area is 154 Å². The largest absolute Gasteiger partial charge is 0.474 e. The summed E-state index contributed by atoms with van der Waals surface area (Å²) in [5.74, 6) is -0.310. The van der Waals surface area contributed by atoms with E-state index in [2.05, 4.69) is 0 Å². The SMILES string of the molecule is COCC1=C(c2ccccc2)C(=O)N(C(C)(C)C(=O)OC(C)(C)C)CO1. The van der Waals surface area contributed by atoms with Crippen LogP contribution in [-0.4, -0.2) is 48.4 Å². The zero-order valence-electron chi connectivity index (χ0n) is 16.3. The van der Waals surface area contributed by atoms with Crippen molar-refractivity contribution < 1.29 is 23.8 Å². The Hall–Kier alpha value is -2.34. The molecule has 6 nitrogen and oxygen atoms in total. The first-order chi connectivity index (χ1) is 12.1. The molecule has 1 aromatic rings. The van der Waals surface area contributed by atoms with E-state index in [4.69, 9.17) is 14.2 Å². The normalized spacial score (nSPS) is 15.8. The highest BCUT2D eigenvalue weighted by molar-refractivity contribution is 6.21. The van der Waals surface area contributed by atoms with Gasteiger partial charge in [0, 0.05) is 7.11 Å². The number of rotatable bonds is 5. The summed E-state index contributed by atoms with van der Waals surface area (Å²) >= 11 is 0. The quantitative estimate of drug-likeness (QED) is 0.755. The lowest BCUT2D eigenvalue weighted by molar-refractivity contribution is -0.175. The summed E-state index contributed by atoms with van der Waals surface area (Å²) in [6.07, 6.45) is 0. The van der Waals surface area contributed by atoms with Gasteiger partial charge in [0.1, 0.15) is 23.5 Å². The van der Waals surface area contributed by atoms with Crippen LogP contribution >= 0.6 is 0 Å². The number of carbonyl (C=O) groups is 2. The number of hydrogen-bond acceptors (Lipinski definition) is 5. The van der Waals surface area contributed by atoms with Crippen LogP contribution in [-0.2, 0) is 23.8 Å². The van der Waals surface area contributed by atoms with Gasteiger partial charge in [0.2, 0.25) is 0 Å². The molecule has 0 atom stereocenters. The third-order valence-corrected chi connectivity index (χ3v) is 4.02. The van der Waals surface area contributed by atoms with Crippen molar-refractivity contribution in [1.82, 2.24) is 4.90 Å². The molecule has 0 aromatic heterocycles. The molecular formula is C20H27NO5. The van der Waals surface area contributed by atoms with Gasteiger partial charge in [-0.05, 0) is 40.2 Å². The summed E-state index contributed by atoms with van der Waals surface area (Å²) < 4.78 is 16.4. The van der Waals surface area contributed by atoms with Gasteiger partial charge in [0.15, 0.2) is 6.73 Å². The second kappa shape index (κ2) is 7.50. The Morgan fingerprint density at radius 3 is 2.31 bits per heavy atom. The molecule has 0 aliphatic carbocycles. The number of esters is 1. The molecule has 26 heavy (non-hydrogen) atoms. The lowest BCUT2D eigenvalue weighted by Gasteiger charge is -2.41. The van der Waals surface area contributed by atoms with Crippen molar-refractivity contribution >= 4 is 17.4 Å². The monoisotopic (exact) mass is 361 g/mol. The topological polar surface area (TPSA) is 65.1 Å².